The third-order valence-electron chi connectivity index (χ3n) is 7.03. The minimum Gasteiger partial charge on any atom is -0.448 e. The Morgan fingerprint density at radius 2 is 1.56 bits per heavy atom. The van der Waals surface area contributed by atoms with E-state index in [2.05, 4.69) is 24.3 Å². The maximum Gasteiger partial charge on any atom is 0.410 e. The predicted molar refractivity (Wildman–Crippen MR) is 134 cm³/mol. The molecule has 1 fully saturated rings. The fourth-order valence-corrected chi connectivity index (χ4v) is 6.18. The molecule has 2 unspecified atom stereocenters. The van der Waals surface area contributed by atoms with Crippen LogP contribution in [0.25, 0.3) is 16.7 Å². The fraction of sp³-hybridized carbons (Fsp3) is 0.250. The molecular formula is C28H23Cl2NO3. The fourth-order valence-electron chi connectivity index (χ4n) is 5.54. The van der Waals surface area contributed by atoms with Gasteiger partial charge in [-0.15, -0.1) is 0 Å². The van der Waals surface area contributed by atoms with Crippen molar-refractivity contribution in [3.8, 4) is 11.1 Å². The van der Waals surface area contributed by atoms with Crippen LogP contribution in [-0.2, 0) is 9.47 Å². The number of fused-ring (bicyclic) bond motifs is 5. The first-order valence-electron chi connectivity index (χ1n) is 11.5. The summed E-state index contributed by atoms with van der Waals surface area (Å²) < 4.78 is 11.7. The molecule has 3 aromatic rings. The number of halogens is 2. The van der Waals surface area contributed by atoms with Gasteiger partial charge >= 0.3 is 6.09 Å². The molecule has 6 rings (SSSR count). The summed E-state index contributed by atoms with van der Waals surface area (Å²) in [4.78, 5) is 15.2. The molecule has 0 aromatic heterocycles. The Bertz CT molecular complexity index is 1240. The highest BCUT2D eigenvalue weighted by Crippen LogP contribution is 2.45. The number of rotatable bonds is 3. The number of carbonyl (C=O) groups is 1. The van der Waals surface area contributed by atoms with Crippen molar-refractivity contribution in [3.63, 3.8) is 0 Å². The number of hydrogen-bond donors (Lipinski definition) is 0. The van der Waals surface area contributed by atoms with Crippen LogP contribution in [0.5, 0.6) is 0 Å². The molecule has 1 aliphatic carbocycles. The second kappa shape index (κ2) is 8.77. The molecular weight excluding hydrogens is 469 g/mol. The normalized spacial score (nSPS) is 21.0. The zero-order chi connectivity index (χ0) is 23.2. The lowest BCUT2D eigenvalue weighted by Gasteiger charge is -2.44. The summed E-state index contributed by atoms with van der Waals surface area (Å²) >= 11 is 12.9. The van der Waals surface area contributed by atoms with Gasteiger partial charge in [0.05, 0.1) is 25.3 Å². The van der Waals surface area contributed by atoms with Gasteiger partial charge in [-0.3, -0.25) is 4.90 Å². The number of benzene rings is 3. The number of morpholine rings is 1. The van der Waals surface area contributed by atoms with E-state index in [1.807, 2.05) is 53.4 Å². The Morgan fingerprint density at radius 3 is 2.21 bits per heavy atom. The van der Waals surface area contributed by atoms with E-state index in [9.17, 15) is 4.79 Å². The molecule has 34 heavy (non-hydrogen) atoms. The Morgan fingerprint density at radius 1 is 0.912 bits per heavy atom. The molecule has 0 saturated carbocycles. The van der Waals surface area contributed by atoms with Gasteiger partial charge in [-0.05, 0) is 46.4 Å². The molecule has 2 heterocycles. The van der Waals surface area contributed by atoms with Crippen LogP contribution in [0.3, 0.4) is 0 Å². The predicted octanol–water partition coefficient (Wildman–Crippen LogP) is 6.80. The highest BCUT2D eigenvalue weighted by atomic mass is 35.5. The minimum absolute atomic E-state index is 0.0327. The average molecular weight is 492 g/mol. The maximum absolute atomic E-state index is 13.3. The topological polar surface area (TPSA) is 38.8 Å². The van der Waals surface area contributed by atoms with Crippen molar-refractivity contribution in [1.29, 1.82) is 0 Å². The lowest BCUT2D eigenvalue weighted by molar-refractivity contribution is -0.0331. The van der Waals surface area contributed by atoms with Gasteiger partial charge in [0, 0.05) is 21.5 Å². The first kappa shape index (κ1) is 21.7. The van der Waals surface area contributed by atoms with E-state index in [1.54, 1.807) is 0 Å². The summed E-state index contributed by atoms with van der Waals surface area (Å²) in [6.45, 7) is 1.18. The summed E-state index contributed by atoms with van der Waals surface area (Å²) in [5.41, 5.74) is 6.73. The smallest absolute Gasteiger partial charge is 0.410 e. The van der Waals surface area contributed by atoms with E-state index in [0.29, 0.717) is 36.3 Å². The molecule has 0 radical (unpaired) electrons. The Hall–Kier alpha value is -2.79. The Kier molecular flexibility index (Phi) is 5.60. The Balaban J connectivity index is 1.24. The maximum atomic E-state index is 13.3. The van der Waals surface area contributed by atoms with E-state index >= 15 is 0 Å². The average Bonchev–Trinajstić information content (AvgIpc) is 3.15. The quantitative estimate of drug-likeness (QED) is 0.404. The summed E-state index contributed by atoms with van der Waals surface area (Å²) in [6, 6.07) is 21.9. The molecule has 2 aliphatic heterocycles. The molecule has 3 aromatic carbocycles. The molecule has 2 bridgehead atoms. The van der Waals surface area contributed by atoms with Crippen molar-refractivity contribution >= 4 is 34.9 Å². The number of hydrogen-bond acceptors (Lipinski definition) is 3. The van der Waals surface area contributed by atoms with Crippen LogP contribution >= 0.6 is 23.2 Å². The van der Waals surface area contributed by atoms with E-state index in [1.165, 1.54) is 22.3 Å². The molecule has 1 amide bonds. The van der Waals surface area contributed by atoms with Gasteiger partial charge in [-0.2, -0.15) is 0 Å². The van der Waals surface area contributed by atoms with Crippen LogP contribution in [-0.4, -0.2) is 42.9 Å². The van der Waals surface area contributed by atoms with Gasteiger partial charge in [0.2, 0.25) is 0 Å². The molecule has 0 N–H and O–H groups in total. The SMILES string of the molecule is O=C(OCC1c2ccccc2-c2ccccc21)N1C2C=C(c3c(Cl)cccc3Cl)CC1COC2. The summed E-state index contributed by atoms with van der Waals surface area (Å²) in [6.07, 6.45) is 2.36. The molecule has 6 heteroatoms. The largest absolute Gasteiger partial charge is 0.448 e. The standard InChI is InChI=1S/C28H23Cl2NO3/c29-25-10-5-11-26(30)27(25)17-12-18-14-33-15-19(13-17)31(18)28(32)34-16-24-22-8-3-1-6-20(22)21-7-2-4-9-23(21)24/h1-12,18-19,24H,13-16H2. The van der Waals surface area contributed by atoms with Gasteiger partial charge < -0.3 is 9.47 Å². The van der Waals surface area contributed by atoms with Gasteiger partial charge in [0.25, 0.3) is 0 Å². The van der Waals surface area contributed by atoms with Gasteiger partial charge in [0.15, 0.2) is 0 Å². The van der Waals surface area contributed by atoms with Crippen LogP contribution < -0.4 is 0 Å². The van der Waals surface area contributed by atoms with Crippen LogP contribution in [0, 0.1) is 0 Å². The van der Waals surface area contributed by atoms with Crippen LogP contribution in [0.1, 0.15) is 29.0 Å². The lowest BCUT2D eigenvalue weighted by atomic mass is 9.90. The third-order valence-corrected chi connectivity index (χ3v) is 7.66. The van der Waals surface area contributed by atoms with E-state index in [4.69, 9.17) is 32.7 Å². The zero-order valence-corrected chi connectivity index (χ0v) is 19.9. The van der Waals surface area contributed by atoms with Crippen LogP contribution in [0.4, 0.5) is 4.79 Å². The van der Waals surface area contributed by atoms with Crippen molar-refractivity contribution in [2.24, 2.45) is 0 Å². The van der Waals surface area contributed by atoms with Crippen molar-refractivity contribution in [2.45, 2.75) is 24.4 Å². The van der Waals surface area contributed by atoms with Crippen molar-refractivity contribution < 1.29 is 14.3 Å². The number of carbonyl (C=O) groups excluding carboxylic acids is 1. The van der Waals surface area contributed by atoms with E-state index in [0.717, 1.165) is 11.1 Å². The number of ether oxygens (including phenoxy) is 2. The molecule has 0 spiro atoms. The minimum atomic E-state index is -0.305. The highest BCUT2D eigenvalue weighted by Gasteiger charge is 2.40. The molecule has 2 atom stereocenters. The molecule has 172 valence electrons. The van der Waals surface area contributed by atoms with Crippen LogP contribution in [0.15, 0.2) is 72.8 Å². The first-order chi connectivity index (χ1) is 16.6. The van der Waals surface area contributed by atoms with Gasteiger partial charge in [-0.1, -0.05) is 83.9 Å². The van der Waals surface area contributed by atoms with Crippen molar-refractivity contribution in [2.75, 3.05) is 19.8 Å². The van der Waals surface area contributed by atoms with Gasteiger partial charge in [0.1, 0.15) is 6.61 Å². The van der Waals surface area contributed by atoms with Crippen molar-refractivity contribution in [3.05, 3.63) is 99.5 Å². The lowest BCUT2D eigenvalue weighted by Crippen LogP contribution is -2.56. The van der Waals surface area contributed by atoms with Crippen molar-refractivity contribution in [1.82, 2.24) is 4.90 Å². The monoisotopic (exact) mass is 491 g/mol. The number of amides is 1. The molecule has 4 nitrogen and oxygen atoms in total. The van der Waals surface area contributed by atoms with E-state index < -0.39 is 0 Å². The van der Waals surface area contributed by atoms with Crippen LogP contribution in [0.2, 0.25) is 10.0 Å². The summed E-state index contributed by atoms with van der Waals surface area (Å²) in [5, 5.41) is 1.24. The first-order valence-corrected chi connectivity index (χ1v) is 12.2. The highest BCUT2D eigenvalue weighted by molar-refractivity contribution is 6.37. The van der Waals surface area contributed by atoms with E-state index in [-0.39, 0.29) is 24.1 Å². The second-order valence-corrected chi connectivity index (χ2v) is 9.78. The zero-order valence-electron chi connectivity index (χ0n) is 18.4. The second-order valence-electron chi connectivity index (χ2n) is 8.96. The number of nitrogens with zero attached hydrogens (tertiary/aromatic N) is 1. The summed E-state index contributed by atoms with van der Waals surface area (Å²) in [7, 11) is 0. The summed E-state index contributed by atoms with van der Waals surface area (Å²) in [5.74, 6) is 0.0327. The molecule has 3 aliphatic rings. The van der Waals surface area contributed by atoms with Gasteiger partial charge in [-0.25, -0.2) is 4.79 Å². The Labute approximate surface area is 208 Å². The third kappa shape index (κ3) is 3.61. The molecule has 1 saturated heterocycles.